The number of hydrogen-bond acceptors (Lipinski definition) is 3. The molecule has 0 bridgehead atoms. The number of Topliss-reactive ketones (excluding diaryl/α,β-unsaturated/α-hetero) is 1. The van der Waals surface area contributed by atoms with Crippen LogP contribution in [0, 0.1) is 10.8 Å². The average Bonchev–Trinajstić information content (AvgIpc) is 2.36. The van der Waals surface area contributed by atoms with Crippen molar-refractivity contribution in [2.45, 2.75) is 20.8 Å². The van der Waals surface area contributed by atoms with Gasteiger partial charge in [0.15, 0.2) is 0 Å². The first kappa shape index (κ1) is 15.2. The van der Waals surface area contributed by atoms with Gasteiger partial charge >= 0.3 is 5.97 Å². The average molecular weight is 260 g/mol. The van der Waals surface area contributed by atoms with Crippen molar-refractivity contribution in [2.24, 2.45) is 10.8 Å². The molecule has 1 aliphatic rings. The number of carbonyl (C=O) groups excluding carboxylic acids is 2. The number of rotatable bonds is 4. The van der Waals surface area contributed by atoms with Gasteiger partial charge in [0.05, 0.1) is 5.41 Å². The maximum absolute atomic E-state index is 12.0. The molecule has 0 saturated carbocycles. The minimum atomic E-state index is -0.871. The van der Waals surface area contributed by atoms with Crippen LogP contribution in [0.2, 0.25) is 0 Å². The maximum Gasteiger partial charge on any atom is 0.319 e. The molecule has 0 heterocycles. The fourth-order valence-electron chi connectivity index (χ4n) is 1.63. The van der Waals surface area contributed by atoms with Crippen LogP contribution in [0.25, 0.3) is 0 Å². The third kappa shape index (κ3) is 3.53. The predicted octanol–water partition coefficient (Wildman–Crippen LogP) is 3.00. The molecule has 0 fully saturated rings. The molecule has 0 aromatic rings. The summed E-state index contributed by atoms with van der Waals surface area (Å²) in [7, 11) is 0. The number of ketones is 1. The summed E-state index contributed by atoms with van der Waals surface area (Å²) in [5.41, 5.74) is -1.56. The van der Waals surface area contributed by atoms with Gasteiger partial charge < -0.3 is 4.74 Å². The van der Waals surface area contributed by atoms with Gasteiger partial charge in [-0.3, -0.25) is 9.59 Å². The van der Waals surface area contributed by atoms with E-state index in [9.17, 15) is 9.59 Å². The zero-order valence-corrected chi connectivity index (χ0v) is 11.7. The van der Waals surface area contributed by atoms with E-state index in [4.69, 9.17) is 4.74 Å². The van der Waals surface area contributed by atoms with Gasteiger partial charge in [-0.1, -0.05) is 49.1 Å². The van der Waals surface area contributed by atoms with Gasteiger partial charge in [0, 0.05) is 0 Å². The van der Waals surface area contributed by atoms with Gasteiger partial charge in [-0.2, -0.15) is 0 Å². The van der Waals surface area contributed by atoms with E-state index in [1.165, 1.54) is 13.0 Å². The van der Waals surface area contributed by atoms with Crippen LogP contribution >= 0.6 is 0 Å². The molecule has 2 unspecified atom stereocenters. The molecule has 0 aromatic carbocycles. The molecule has 0 aliphatic heterocycles. The van der Waals surface area contributed by atoms with Crippen LogP contribution < -0.4 is 0 Å². The van der Waals surface area contributed by atoms with Crippen LogP contribution in [0.1, 0.15) is 20.8 Å². The zero-order chi connectivity index (χ0) is 14.5. The van der Waals surface area contributed by atoms with Crippen molar-refractivity contribution >= 4 is 11.8 Å². The molecular weight excluding hydrogens is 240 g/mol. The van der Waals surface area contributed by atoms with Crippen molar-refractivity contribution in [3.05, 3.63) is 49.1 Å². The van der Waals surface area contributed by atoms with Crippen molar-refractivity contribution in [1.82, 2.24) is 0 Å². The number of allylic oxidation sites excluding steroid dienone is 4. The van der Waals surface area contributed by atoms with Crippen molar-refractivity contribution in [1.29, 1.82) is 0 Å². The fourth-order valence-corrected chi connectivity index (χ4v) is 1.63. The highest BCUT2D eigenvalue weighted by Crippen LogP contribution is 2.30. The van der Waals surface area contributed by atoms with Crippen molar-refractivity contribution in [3.8, 4) is 0 Å². The van der Waals surface area contributed by atoms with Gasteiger partial charge in [-0.25, -0.2) is 0 Å². The number of hydrogen-bond donors (Lipinski definition) is 0. The highest BCUT2D eigenvalue weighted by Gasteiger charge is 2.32. The molecule has 0 radical (unpaired) electrons. The van der Waals surface area contributed by atoms with Gasteiger partial charge in [-0.15, -0.1) is 0 Å². The van der Waals surface area contributed by atoms with E-state index in [1.54, 1.807) is 37.3 Å². The van der Waals surface area contributed by atoms with E-state index in [-0.39, 0.29) is 18.4 Å². The fraction of sp³-hybridized carbons (Fsp3) is 0.375. The first-order valence-corrected chi connectivity index (χ1v) is 6.21. The van der Waals surface area contributed by atoms with Crippen LogP contribution in [0.3, 0.4) is 0 Å². The highest BCUT2D eigenvalue weighted by molar-refractivity contribution is 5.87. The van der Waals surface area contributed by atoms with E-state index in [0.717, 1.165) is 0 Å². The van der Waals surface area contributed by atoms with Gasteiger partial charge in [0.2, 0.25) is 0 Å². The molecule has 0 aromatic heterocycles. The zero-order valence-electron chi connectivity index (χ0n) is 11.7. The van der Waals surface area contributed by atoms with Crippen LogP contribution in [0.5, 0.6) is 0 Å². The summed E-state index contributed by atoms with van der Waals surface area (Å²) < 4.78 is 5.09. The van der Waals surface area contributed by atoms with Gasteiger partial charge in [0.1, 0.15) is 17.8 Å². The van der Waals surface area contributed by atoms with Crippen LogP contribution in [-0.4, -0.2) is 18.4 Å². The summed E-state index contributed by atoms with van der Waals surface area (Å²) in [6.07, 6.45) is 12.1. The molecule has 2 atom stereocenters. The van der Waals surface area contributed by atoms with Gasteiger partial charge in [0.25, 0.3) is 0 Å². The normalized spacial score (nSPS) is 32.8. The molecule has 1 aliphatic carbocycles. The summed E-state index contributed by atoms with van der Waals surface area (Å²) in [4.78, 5) is 23.7. The quantitative estimate of drug-likeness (QED) is 0.576. The largest absolute Gasteiger partial charge is 0.461 e. The molecule has 3 heteroatoms. The summed E-state index contributed by atoms with van der Waals surface area (Å²) >= 11 is 0. The predicted molar refractivity (Wildman–Crippen MR) is 75.5 cm³/mol. The van der Waals surface area contributed by atoms with Crippen molar-refractivity contribution < 1.29 is 14.3 Å². The summed E-state index contributed by atoms with van der Waals surface area (Å²) in [6, 6.07) is 0. The van der Waals surface area contributed by atoms with Crippen LogP contribution in [0.15, 0.2) is 49.1 Å². The molecular formula is C16H20O3. The molecule has 0 amide bonds. The molecule has 1 rings (SSSR count). The minimum absolute atomic E-state index is 0.0251. The smallest absolute Gasteiger partial charge is 0.319 e. The second kappa shape index (κ2) is 5.83. The van der Waals surface area contributed by atoms with Crippen LogP contribution in [-0.2, 0) is 14.3 Å². The Balaban J connectivity index is 3.07. The Hall–Kier alpha value is -1.90. The Morgan fingerprint density at radius 3 is 2.16 bits per heavy atom. The Morgan fingerprint density at radius 1 is 1.11 bits per heavy atom. The number of esters is 1. The lowest BCUT2D eigenvalue weighted by Gasteiger charge is -2.25. The van der Waals surface area contributed by atoms with E-state index < -0.39 is 10.8 Å². The Bertz CT molecular complexity index is 470. The second-order valence-corrected chi connectivity index (χ2v) is 5.06. The van der Waals surface area contributed by atoms with E-state index in [1.807, 2.05) is 13.0 Å². The second-order valence-electron chi connectivity index (χ2n) is 5.06. The first-order valence-electron chi connectivity index (χ1n) is 6.21. The van der Waals surface area contributed by atoms with Crippen molar-refractivity contribution in [2.75, 3.05) is 6.61 Å². The molecule has 0 saturated heterocycles. The number of carbonyl (C=O) groups is 2. The monoisotopic (exact) mass is 260 g/mol. The third-order valence-electron chi connectivity index (χ3n) is 3.30. The molecule has 102 valence electrons. The first-order chi connectivity index (χ1) is 8.84. The molecule has 3 nitrogen and oxygen atoms in total. The lowest BCUT2D eigenvalue weighted by Crippen LogP contribution is -2.28. The van der Waals surface area contributed by atoms with E-state index in [0.29, 0.717) is 0 Å². The minimum Gasteiger partial charge on any atom is -0.461 e. The lowest BCUT2D eigenvalue weighted by atomic mass is 9.79. The standard InChI is InChI=1S/C16H20O3/c1-5-12-19-14(18)16(4)9-7-6-8-15(3,10-11-16)13(2)17/h5-11H,1,12H2,2-4H3/b8-6-,9-7-,11-10?. The lowest BCUT2D eigenvalue weighted by molar-refractivity contribution is -0.148. The molecule has 0 N–H and O–H groups in total. The number of ether oxygens (including phenoxy) is 1. The van der Waals surface area contributed by atoms with Crippen LogP contribution in [0.4, 0.5) is 0 Å². The third-order valence-corrected chi connectivity index (χ3v) is 3.30. The summed E-state index contributed by atoms with van der Waals surface area (Å²) in [5, 5.41) is 0. The summed E-state index contributed by atoms with van der Waals surface area (Å²) in [5.74, 6) is -0.335. The Kier molecular flexibility index (Phi) is 4.65. The Morgan fingerprint density at radius 2 is 1.63 bits per heavy atom. The summed E-state index contributed by atoms with van der Waals surface area (Å²) in [6.45, 7) is 8.79. The van der Waals surface area contributed by atoms with E-state index in [2.05, 4.69) is 6.58 Å². The molecule has 19 heavy (non-hydrogen) atoms. The molecule has 0 spiro atoms. The topological polar surface area (TPSA) is 43.4 Å². The SMILES string of the molecule is C=CCOC(=O)C1(C)C=CC(C)(C(C)=O)/C=C\C=C/1. The van der Waals surface area contributed by atoms with Gasteiger partial charge in [-0.05, 0) is 20.8 Å². The van der Waals surface area contributed by atoms with Crippen molar-refractivity contribution in [3.63, 3.8) is 0 Å². The Labute approximate surface area is 114 Å². The highest BCUT2D eigenvalue weighted by atomic mass is 16.5. The maximum atomic E-state index is 12.0. The van der Waals surface area contributed by atoms with E-state index >= 15 is 0 Å².